The van der Waals surface area contributed by atoms with Gasteiger partial charge in [0.25, 0.3) is 11.6 Å². The number of rotatable bonds is 6. The van der Waals surface area contributed by atoms with E-state index in [0.717, 1.165) is 25.3 Å². The van der Waals surface area contributed by atoms with Crippen LogP contribution in [0.4, 0.5) is 11.4 Å². The first-order valence-electron chi connectivity index (χ1n) is 8.46. The molecule has 0 heterocycles. The van der Waals surface area contributed by atoms with Crippen molar-refractivity contribution in [2.24, 2.45) is 5.92 Å². The van der Waals surface area contributed by atoms with Gasteiger partial charge in [-0.15, -0.1) is 0 Å². The van der Waals surface area contributed by atoms with Gasteiger partial charge in [0.05, 0.1) is 21.6 Å². The maximum Gasteiger partial charge on any atom is 0.310 e. The average Bonchev–Trinajstić information content (AvgIpc) is 2.60. The fraction of sp³-hybridized carbons (Fsp3) is 0.263. The van der Waals surface area contributed by atoms with Crippen LogP contribution < -0.4 is 5.32 Å². The second kappa shape index (κ2) is 8.18. The highest BCUT2D eigenvalue weighted by atomic mass is 35.5. The highest BCUT2D eigenvalue weighted by Crippen LogP contribution is 2.31. The Hall–Kier alpha value is -2.93. The molecule has 3 rings (SSSR count). The lowest BCUT2D eigenvalue weighted by atomic mass is 9.85. The van der Waals surface area contributed by atoms with Crippen molar-refractivity contribution >= 4 is 34.9 Å². The van der Waals surface area contributed by atoms with E-state index in [1.165, 1.54) is 12.1 Å². The third-order valence-electron chi connectivity index (χ3n) is 4.43. The maximum absolute atomic E-state index is 12.8. The first kappa shape index (κ1) is 18.8. The predicted molar refractivity (Wildman–Crippen MR) is 99.4 cm³/mol. The monoisotopic (exact) mass is 388 g/mol. The van der Waals surface area contributed by atoms with E-state index in [-0.39, 0.29) is 22.3 Å². The van der Waals surface area contributed by atoms with Crippen molar-refractivity contribution in [2.75, 3.05) is 5.32 Å². The smallest absolute Gasteiger partial charge is 0.310 e. The summed E-state index contributed by atoms with van der Waals surface area (Å²) in [5.41, 5.74) is 0.544. The van der Waals surface area contributed by atoms with Crippen molar-refractivity contribution in [1.29, 1.82) is 0 Å². The number of hydrogen-bond donors (Lipinski definition) is 1. The van der Waals surface area contributed by atoms with E-state index in [1.807, 2.05) is 0 Å². The maximum atomic E-state index is 12.8. The van der Waals surface area contributed by atoms with Gasteiger partial charge in [0.2, 0.25) is 6.10 Å². The van der Waals surface area contributed by atoms with Crippen molar-refractivity contribution in [3.63, 3.8) is 0 Å². The number of amides is 1. The van der Waals surface area contributed by atoms with Crippen molar-refractivity contribution in [3.05, 3.63) is 69.2 Å². The van der Waals surface area contributed by atoms with Crippen LogP contribution in [0.5, 0.6) is 0 Å². The van der Waals surface area contributed by atoms with Crippen molar-refractivity contribution < 1.29 is 19.2 Å². The Bertz CT molecular complexity index is 868. The first-order chi connectivity index (χ1) is 13.0. The minimum Gasteiger partial charge on any atom is -0.447 e. The van der Waals surface area contributed by atoms with Gasteiger partial charge in [0.15, 0.2) is 0 Å². The number of hydrogen-bond acceptors (Lipinski definition) is 5. The number of halogens is 1. The van der Waals surface area contributed by atoms with Crippen molar-refractivity contribution in [2.45, 2.75) is 25.4 Å². The Kier molecular flexibility index (Phi) is 5.71. The standard InChI is InChI=1S/C19H17ClN2O5/c20-15-11-14(22(25)26)9-10-16(15)21-18(23)17(12-5-2-1-3-6-12)27-19(24)13-7-4-8-13/h1-3,5-6,9-11,13,17H,4,7-8H2,(H,21,23). The number of nitrogens with zero attached hydrogens (tertiary/aromatic N) is 1. The van der Waals surface area contributed by atoms with Crippen LogP contribution >= 0.6 is 11.6 Å². The van der Waals surface area contributed by atoms with Gasteiger partial charge in [0, 0.05) is 17.7 Å². The van der Waals surface area contributed by atoms with Crippen LogP contribution in [0.3, 0.4) is 0 Å². The van der Waals surface area contributed by atoms with Gasteiger partial charge in [-0.25, -0.2) is 0 Å². The number of anilines is 1. The molecule has 2 aromatic rings. The number of nitrogens with one attached hydrogen (secondary N) is 1. The topological polar surface area (TPSA) is 98.5 Å². The second-order valence-corrected chi connectivity index (χ2v) is 6.67. The molecule has 0 bridgehead atoms. The Balaban J connectivity index is 1.80. The number of carbonyl (C=O) groups is 2. The van der Waals surface area contributed by atoms with E-state index < -0.39 is 22.9 Å². The quantitative estimate of drug-likeness (QED) is 0.452. The lowest BCUT2D eigenvalue weighted by Gasteiger charge is -2.26. The molecule has 0 aliphatic heterocycles. The van der Waals surface area contributed by atoms with Crippen LogP contribution in [0.25, 0.3) is 0 Å². The summed E-state index contributed by atoms with van der Waals surface area (Å²) in [6.45, 7) is 0. The Labute approximate surface area is 160 Å². The zero-order chi connectivity index (χ0) is 19.4. The molecule has 1 aliphatic carbocycles. The third kappa shape index (κ3) is 4.43. The van der Waals surface area contributed by atoms with Crippen LogP contribution in [-0.4, -0.2) is 16.8 Å². The van der Waals surface area contributed by atoms with E-state index in [0.29, 0.717) is 5.56 Å². The van der Waals surface area contributed by atoms with Gasteiger partial charge in [-0.3, -0.25) is 19.7 Å². The number of non-ortho nitro benzene ring substituents is 1. The van der Waals surface area contributed by atoms with Crippen molar-refractivity contribution in [3.8, 4) is 0 Å². The Morgan fingerprint density at radius 3 is 2.44 bits per heavy atom. The number of nitro benzene ring substituents is 1. The van der Waals surface area contributed by atoms with Crippen molar-refractivity contribution in [1.82, 2.24) is 0 Å². The Morgan fingerprint density at radius 2 is 1.89 bits per heavy atom. The molecule has 1 amide bonds. The number of ether oxygens (including phenoxy) is 1. The molecule has 2 aromatic carbocycles. The number of nitro groups is 1. The van der Waals surface area contributed by atoms with E-state index in [1.54, 1.807) is 30.3 Å². The fourth-order valence-electron chi connectivity index (χ4n) is 2.67. The molecule has 8 heteroatoms. The Morgan fingerprint density at radius 1 is 1.19 bits per heavy atom. The molecular formula is C19H17ClN2O5. The van der Waals surface area contributed by atoms with Gasteiger partial charge in [0.1, 0.15) is 0 Å². The molecular weight excluding hydrogens is 372 g/mol. The van der Waals surface area contributed by atoms with E-state index in [4.69, 9.17) is 16.3 Å². The number of carbonyl (C=O) groups excluding carboxylic acids is 2. The van der Waals surface area contributed by atoms with E-state index >= 15 is 0 Å². The molecule has 7 nitrogen and oxygen atoms in total. The van der Waals surface area contributed by atoms with Gasteiger partial charge in [-0.1, -0.05) is 48.4 Å². The lowest BCUT2D eigenvalue weighted by Crippen LogP contribution is -2.31. The summed E-state index contributed by atoms with van der Waals surface area (Å²) in [6.07, 6.45) is 1.36. The lowest BCUT2D eigenvalue weighted by molar-refractivity contribution is -0.384. The van der Waals surface area contributed by atoms with Crippen LogP contribution in [0.2, 0.25) is 5.02 Å². The van der Waals surface area contributed by atoms with Crippen LogP contribution in [-0.2, 0) is 14.3 Å². The van der Waals surface area contributed by atoms with Crippen LogP contribution in [0.15, 0.2) is 48.5 Å². The predicted octanol–water partition coefficient (Wildman–Crippen LogP) is 4.27. The fourth-order valence-corrected chi connectivity index (χ4v) is 2.90. The summed E-state index contributed by atoms with van der Waals surface area (Å²) in [5.74, 6) is -1.16. The number of esters is 1. The largest absolute Gasteiger partial charge is 0.447 e. The minimum atomic E-state index is -1.13. The second-order valence-electron chi connectivity index (χ2n) is 6.27. The van der Waals surface area contributed by atoms with Gasteiger partial charge >= 0.3 is 5.97 Å². The highest BCUT2D eigenvalue weighted by molar-refractivity contribution is 6.34. The highest BCUT2D eigenvalue weighted by Gasteiger charge is 2.32. The summed E-state index contributed by atoms with van der Waals surface area (Å²) < 4.78 is 5.47. The zero-order valence-electron chi connectivity index (χ0n) is 14.3. The SMILES string of the molecule is O=C(OC(C(=O)Nc1ccc([N+](=O)[O-])cc1Cl)c1ccccc1)C1CCC1. The molecule has 140 valence electrons. The summed E-state index contributed by atoms with van der Waals surface area (Å²) >= 11 is 6.03. The van der Waals surface area contributed by atoms with E-state index in [2.05, 4.69) is 5.32 Å². The summed E-state index contributed by atoms with van der Waals surface area (Å²) in [7, 11) is 0. The van der Waals surface area contributed by atoms with Crippen LogP contribution in [0, 0.1) is 16.0 Å². The zero-order valence-corrected chi connectivity index (χ0v) is 15.0. The molecule has 1 atom stereocenters. The van der Waals surface area contributed by atoms with Gasteiger partial charge in [-0.05, 0) is 18.9 Å². The molecule has 1 N–H and O–H groups in total. The minimum absolute atomic E-state index is 0.0229. The summed E-state index contributed by atoms with van der Waals surface area (Å²) in [6, 6.07) is 12.4. The molecule has 0 saturated heterocycles. The number of benzene rings is 2. The normalized spacial score (nSPS) is 14.7. The summed E-state index contributed by atoms with van der Waals surface area (Å²) in [4.78, 5) is 35.2. The molecule has 0 radical (unpaired) electrons. The van der Waals surface area contributed by atoms with E-state index in [9.17, 15) is 19.7 Å². The average molecular weight is 389 g/mol. The molecule has 27 heavy (non-hydrogen) atoms. The van der Waals surface area contributed by atoms with Gasteiger partial charge in [-0.2, -0.15) is 0 Å². The molecule has 0 aromatic heterocycles. The van der Waals surface area contributed by atoms with Gasteiger partial charge < -0.3 is 10.1 Å². The first-order valence-corrected chi connectivity index (χ1v) is 8.84. The molecule has 1 aliphatic rings. The van der Waals surface area contributed by atoms with Crippen LogP contribution in [0.1, 0.15) is 30.9 Å². The molecule has 1 unspecified atom stereocenters. The third-order valence-corrected chi connectivity index (χ3v) is 4.75. The summed E-state index contributed by atoms with van der Waals surface area (Å²) in [5, 5.41) is 13.4. The molecule has 1 saturated carbocycles. The molecule has 0 spiro atoms. The molecule has 1 fully saturated rings.